The number of alkyl halides is 3. The number of carbonyl (C=O) groups excluding carboxylic acids is 2. The molecule has 0 saturated carbocycles. The van der Waals surface area contributed by atoms with E-state index in [0.29, 0.717) is 28.3 Å². The molecule has 4 rings (SSSR count). The van der Waals surface area contributed by atoms with Crippen molar-refractivity contribution in [3.05, 3.63) is 100 Å². The van der Waals surface area contributed by atoms with Crippen LogP contribution in [0, 0.1) is 5.82 Å². The number of halogens is 5. The number of benzene rings is 3. The normalized spacial score (nSPS) is 18.3. The van der Waals surface area contributed by atoms with Gasteiger partial charge in [-0.2, -0.15) is 13.2 Å². The van der Waals surface area contributed by atoms with Gasteiger partial charge in [-0.05, 0) is 53.6 Å². The van der Waals surface area contributed by atoms with Crippen LogP contribution >= 0.6 is 11.6 Å². The number of nitrogens with zero attached hydrogens (tertiary/aromatic N) is 1. The molecule has 38 heavy (non-hydrogen) atoms. The highest BCUT2D eigenvalue weighted by atomic mass is 35.5. The predicted molar refractivity (Wildman–Crippen MR) is 128 cm³/mol. The van der Waals surface area contributed by atoms with Crippen LogP contribution in [0.4, 0.5) is 17.6 Å². The molecule has 1 saturated heterocycles. The fraction of sp³-hybridized carbons (Fsp3) is 0.200. The van der Waals surface area contributed by atoms with E-state index in [1.54, 1.807) is 10.8 Å². The van der Waals surface area contributed by atoms with Crippen molar-refractivity contribution in [1.82, 2.24) is 9.62 Å². The van der Waals surface area contributed by atoms with Crippen molar-refractivity contribution in [2.75, 3.05) is 6.61 Å². The minimum absolute atomic E-state index is 0.141. The molecule has 2 atom stereocenters. The number of sulfonamides is 1. The van der Waals surface area contributed by atoms with Crippen LogP contribution in [-0.2, 0) is 37.1 Å². The summed E-state index contributed by atoms with van der Waals surface area (Å²) >= 11 is 5.97. The molecule has 13 heteroatoms. The van der Waals surface area contributed by atoms with Crippen LogP contribution in [-0.4, -0.2) is 37.8 Å². The second-order valence-electron chi connectivity index (χ2n) is 8.37. The topological polar surface area (TPSA) is 92.8 Å². The Kier molecular flexibility index (Phi) is 7.77. The quantitative estimate of drug-likeness (QED) is 0.442. The predicted octanol–water partition coefficient (Wildman–Crippen LogP) is 4.47. The smallest absolute Gasteiger partial charge is 0.356 e. The van der Waals surface area contributed by atoms with Gasteiger partial charge in [-0.25, -0.2) is 17.5 Å². The Balaban J connectivity index is 1.68. The third-order valence-electron chi connectivity index (χ3n) is 5.75. The van der Waals surface area contributed by atoms with E-state index in [-0.39, 0.29) is 6.54 Å². The van der Waals surface area contributed by atoms with Crippen molar-refractivity contribution in [2.45, 2.75) is 29.8 Å². The third-order valence-corrected chi connectivity index (χ3v) is 7.34. The number of morpholine rings is 1. The lowest BCUT2D eigenvalue weighted by Gasteiger charge is -2.40. The van der Waals surface area contributed by atoms with E-state index in [1.807, 2.05) is 0 Å². The van der Waals surface area contributed by atoms with Gasteiger partial charge in [0.2, 0.25) is 5.91 Å². The molecule has 0 aromatic heterocycles. The molecule has 200 valence electrons. The summed E-state index contributed by atoms with van der Waals surface area (Å²) in [5.41, 5.74) is -0.460. The minimum Gasteiger partial charge on any atom is -0.356 e. The average Bonchev–Trinajstić information content (AvgIpc) is 2.85. The molecule has 1 aliphatic rings. The maximum atomic E-state index is 13.8. The Morgan fingerprint density at radius 1 is 1.05 bits per heavy atom. The van der Waals surface area contributed by atoms with E-state index in [1.165, 1.54) is 47.4 Å². The first-order chi connectivity index (χ1) is 17.8. The second kappa shape index (κ2) is 10.7. The number of rotatable bonds is 6. The summed E-state index contributed by atoms with van der Waals surface area (Å²) in [4.78, 5) is 26.5. The summed E-state index contributed by atoms with van der Waals surface area (Å²) in [5, 5.41) is 0.349. The number of carbonyl (C=O) groups is 2. The SMILES string of the molecule is O=C(NS(=O)(=O)c1cccc(C(F)(F)F)c1)[C@@H]1OCC(=O)N(Cc2cccc(F)c2)[C@@H]1c1ccc(Cl)cc1. The Morgan fingerprint density at radius 2 is 1.74 bits per heavy atom. The van der Waals surface area contributed by atoms with Crippen LogP contribution in [0.2, 0.25) is 5.02 Å². The molecule has 0 aliphatic carbocycles. The Bertz CT molecular complexity index is 1470. The van der Waals surface area contributed by atoms with Gasteiger partial charge in [-0.15, -0.1) is 0 Å². The molecule has 0 bridgehead atoms. The molecule has 0 radical (unpaired) electrons. The number of hydrogen-bond acceptors (Lipinski definition) is 5. The van der Waals surface area contributed by atoms with Crippen LogP contribution in [0.15, 0.2) is 77.7 Å². The van der Waals surface area contributed by atoms with Crippen molar-refractivity contribution in [2.24, 2.45) is 0 Å². The van der Waals surface area contributed by atoms with Crippen molar-refractivity contribution < 1.29 is 40.3 Å². The molecule has 3 aromatic rings. The highest BCUT2D eigenvalue weighted by Crippen LogP contribution is 2.34. The number of amides is 2. The molecule has 7 nitrogen and oxygen atoms in total. The summed E-state index contributed by atoms with van der Waals surface area (Å²) in [6.45, 7) is -0.738. The van der Waals surface area contributed by atoms with Crippen LogP contribution in [0.5, 0.6) is 0 Å². The van der Waals surface area contributed by atoms with Gasteiger partial charge in [-0.3, -0.25) is 9.59 Å². The van der Waals surface area contributed by atoms with Gasteiger partial charge in [0.15, 0.2) is 6.10 Å². The lowest BCUT2D eigenvalue weighted by atomic mass is 9.96. The van der Waals surface area contributed by atoms with Crippen LogP contribution < -0.4 is 4.72 Å². The van der Waals surface area contributed by atoms with E-state index >= 15 is 0 Å². The molecule has 1 heterocycles. The van der Waals surface area contributed by atoms with Gasteiger partial charge in [0.25, 0.3) is 15.9 Å². The summed E-state index contributed by atoms with van der Waals surface area (Å²) in [6.07, 6.45) is -6.39. The zero-order valence-corrected chi connectivity index (χ0v) is 20.9. The Labute approximate surface area is 220 Å². The van der Waals surface area contributed by atoms with Crippen LogP contribution in [0.3, 0.4) is 0 Å². The van der Waals surface area contributed by atoms with Gasteiger partial charge in [0.05, 0.1) is 16.5 Å². The van der Waals surface area contributed by atoms with Gasteiger partial charge in [-0.1, -0.05) is 41.9 Å². The van der Waals surface area contributed by atoms with Crippen molar-refractivity contribution in [3.63, 3.8) is 0 Å². The first kappa shape index (κ1) is 27.6. The fourth-order valence-electron chi connectivity index (χ4n) is 4.00. The molecule has 1 N–H and O–H groups in total. The molecule has 0 spiro atoms. The minimum atomic E-state index is -4.81. The Hall–Kier alpha value is -3.48. The van der Waals surface area contributed by atoms with E-state index in [0.717, 1.165) is 12.1 Å². The molecule has 1 aliphatic heterocycles. The third kappa shape index (κ3) is 6.14. The maximum absolute atomic E-state index is 13.8. The van der Waals surface area contributed by atoms with Crippen LogP contribution in [0.1, 0.15) is 22.7 Å². The second-order valence-corrected chi connectivity index (χ2v) is 10.5. The van der Waals surface area contributed by atoms with E-state index in [9.17, 15) is 35.6 Å². The molecule has 0 unspecified atom stereocenters. The van der Waals surface area contributed by atoms with E-state index < -0.39 is 63.0 Å². The lowest BCUT2D eigenvalue weighted by molar-refractivity contribution is -0.164. The first-order valence-electron chi connectivity index (χ1n) is 11.0. The number of ether oxygens (including phenoxy) is 1. The molecular formula is C25H19ClF4N2O5S. The summed E-state index contributed by atoms with van der Waals surface area (Å²) in [7, 11) is -4.75. The highest BCUT2D eigenvalue weighted by molar-refractivity contribution is 7.90. The Morgan fingerprint density at radius 3 is 2.39 bits per heavy atom. The van der Waals surface area contributed by atoms with Crippen LogP contribution in [0.25, 0.3) is 0 Å². The lowest BCUT2D eigenvalue weighted by Crippen LogP contribution is -2.54. The van der Waals surface area contributed by atoms with Crippen molar-refractivity contribution in [1.29, 1.82) is 0 Å². The molecule has 3 aromatic carbocycles. The summed E-state index contributed by atoms with van der Waals surface area (Å²) in [5.74, 6) is -2.31. The average molecular weight is 571 g/mol. The van der Waals surface area contributed by atoms with Crippen molar-refractivity contribution in [3.8, 4) is 0 Å². The fourth-order valence-corrected chi connectivity index (χ4v) is 5.16. The van der Waals surface area contributed by atoms with Crippen molar-refractivity contribution >= 4 is 33.4 Å². The molecular weight excluding hydrogens is 552 g/mol. The summed E-state index contributed by atoms with van der Waals surface area (Å²) in [6, 6.07) is 13.2. The number of hydrogen-bond donors (Lipinski definition) is 1. The zero-order valence-electron chi connectivity index (χ0n) is 19.3. The zero-order chi connectivity index (χ0) is 27.7. The standard InChI is InChI=1S/C25H19ClF4N2O5S/c26-18-9-7-16(8-10-18)22-23(37-14-21(33)32(22)13-15-3-1-5-19(27)11-15)24(34)31-38(35,36)20-6-2-4-17(12-20)25(28,29)30/h1-12,22-23H,13-14H2,(H,31,34)/t22-,23-/m1/s1. The van der Waals surface area contributed by atoms with Gasteiger partial charge in [0, 0.05) is 11.6 Å². The maximum Gasteiger partial charge on any atom is 0.416 e. The molecule has 1 fully saturated rings. The number of nitrogens with one attached hydrogen (secondary N) is 1. The molecule has 2 amide bonds. The van der Waals surface area contributed by atoms with E-state index in [2.05, 4.69) is 0 Å². The van der Waals surface area contributed by atoms with Gasteiger partial charge < -0.3 is 9.64 Å². The van der Waals surface area contributed by atoms with E-state index in [4.69, 9.17) is 16.3 Å². The van der Waals surface area contributed by atoms with Gasteiger partial charge in [0.1, 0.15) is 12.4 Å². The largest absolute Gasteiger partial charge is 0.416 e. The van der Waals surface area contributed by atoms with Gasteiger partial charge >= 0.3 is 6.18 Å². The first-order valence-corrected chi connectivity index (χ1v) is 12.9. The summed E-state index contributed by atoms with van der Waals surface area (Å²) < 4.78 is 85.9. The highest BCUT2D eigenvalue weighted by Gasteiger charge is 2.43. The monoisotopic (exact) mass is 570 g/mol.